The number of benzene rings is 2. The zero-order valence-electron chi connectivity index (χ0n) is 16.3. The van der Waals surface area contributed by atoms with Crippen LogP contribution >= 0.6 is 0 Å². The molecule has 4 rings (SSSR count). The molecule has 2 aliphatic rings. The molecule has 3 nitrogen and oxygen atoms in total. The standard InChI is InChI=1S/C24H26N2O/c1-23(2)20-12-13-24(23,3)22(14-20)26-27-16-17-8-10-18(11-9-17)21-7-5-4-6-19(21)15-25/h4-11,20H,12-14,16H2,1-3H3/b26-22+/t20?,24-/m0/s1. The first-order valence-corrected chi connectivity index (χ1v) is 9.73. The molecule has 2 aliphatic carbocycles. The molecule has 0 aliphatic heterocycles. The Morgan fingerprint density at radius 3 is 2.48 bits per heavy atom. The summed E-state index contributed by atoms with van der Waals surface area (Å²) in [5.41, 5.74) is 5.54. The molecule has 2 bridgehead atoms. The Labute approximate surface area is 161 Å². The molecule has 0 N–H and O–H groups in total. The van der Waals surface area contributed by atoms with Crippen LogP contribution in [0.15, 0.2) is 53.7 Å². The first-order valence-electron chi connectivity index (χ1n) is 9.73. The molecular weight excluding hydrogens is 332 g/mol. The lowest BCUT2D eigenvalue weighted by atomic mass is 9.70. The normalized spacial score (nSPS) is 26.9. The van der Waals surface area contributed by atoms with Gasteiger partial charge in [-0.25, -0.2) is 0 Å². The molecule has 2 fully saturated rings. The summed E-state index contributed by atoms with van der Waals surface area (Å²) < 4.78 is 0. The maximum absolute atomic E-state index is 9.27. The van der Waals surface area contributed by atoms with Gasteiger partial charge in [0.25, 0.3) is 0 Å². The second-order valence-corrected chi connectivity index (χ2v) is 8.66. The first-order chi connectivity index (χ1) is 13.0. The molecule has 2 saturated carbocycles. The number of hydrogen-bond acceptors (Lipinski definition) is 3. The van der Waals surface area contributed by atoms with Crippen molar-refractivity contribution in [3.8, 4) is 17.2 Å². The molecule has 0 saturated heterocycles. The number of rotatable bonds is 4. The lowest BCUT2D eigenvalue weighted by Crippen LogP contribution is -2.32. The minimum absolute atomic E-state index is 0.183. The van der Waals surface area contributed by atoms with E-state index in [-0.39, 0.29) is 5.41 Å². The predicted molar refractivity (Wildman–Crippen MR) is 108 cm³/mol. The van der Waals surface area contributed by atoms with E-state index in [1.54, 1.807) is 0 Å². The second-order valence-electron chi connectivity index (χ2n) is 8.66. The Balaban J connectivity index is 1.44. The summed E-state index contributed by atoms with van der Waals surface area (Å²) in [4.78, 5) is 5.74. The quantitative estimate of drug-likeness (QED) is 0.635. The number of nitrogens with zero attached hydrogens (tertiary/aromatic N) is 2. The second kappa shape index (κ2) is 6.53. The van der Waals surface area contributed by atoms with Gasteiger partial charge in [-0.2, -0.15) is 5.26 Å². The lowest BCUT2D eigenvalue weighted by molar-refractivity contribution is 0.123. The summed E-state index contributed by atoms with van der Waals surface area (Å²) in [6.45, 7) is 7.59. The Hall–Kier alpha value is -2.60. The molecule has 0 aromatic heterocycles. The van der Waals surface area contributed by atoms with E-state index in [0.717, 1.165) is 29.0 Å². The van der Waals surface area contributed by atoms with Crippen LogP contribution in [0.3, 0.4) is 0 Å². The fourth-order valence-electron chi connectivity index (χ4n) is 4.86. The van der Waals surface area contributed by atoms with Crippen molar-refractivity contribution in [2.45, 2.75) is 46.6 Å². The van der Waals surface area contributed by atoms with Crippen molar-refractivity contribution < 1.29 is 4.84 Å². The molecule has 0 radical (unpaired) electrons. The Bertz CT molecular complexity index is 920. The molecule has 3 heteroatoms. The zero-order chi connectivity index (χ0) is 19.1. The number of hydrogen-bond donors (Lipinski definition) is 0. The predicted octanol–water partition coefficient (Wildman–Crippen LogP) is 5.94. The fourth-order valence-corrected chi connectivity index (χ4v) is 4.86. The van der Waals surface area contributed by atoms with Crippen molar-refractivity contribution in [1.29, 1.82) is 5.26 Å². The molecule has 2 aromatic rings. The smallest absolute Gasteiger partial charge is 0.142 e. The first kappa shape index (κ1) is 17.8. The van der Waals surface area contributed by atoms with E-state index in [1.807, 2.05) is 36.4 Å². The summed E-state index contributed by atoms with van der Waals surface area (Å²) >= 11 is 0. The number of fused-ring (bicyclic) bond motifs is 2. The summed E-state index contributed by atoms with van der Waals surface area (Å²) in [6, 6.07) is 18.1. The van der Waals surface area contributed by atoms with Gasteiger partial charge in [0.15, 0.2) is 0 Å². The minimum atomic E-state index is 0.183. The molecule has 27 heavy (non-hydrogen) atoms. The van der Waals surface area contributed by atoms with Crippen LogP contribution in [0, 0.1) is 28.1 Å². The van der Waals surface area contributed by atoms with Crippen LogP contribution in [-0.4, -0.2) is 5.71 Å². The van der Waals surface area contributed by atoms with Gasteiger partial charge in [0, 0.05) is 5.41 Å². The van der Waals surface area contributed by atoms with Crippen molar-refractivity contribution in [2.24, 2.45) is 21.9 Å². The Morgan fingerprint density at radius 1 is 1.11 bits per heavy atom. The molecule has 0 spiro atoms. The summed E-state index contributed by atoms with van der Waals surface area (Å²) in [6.07, 6.45) is 3.61. The van der Waals surface area contributed by atoms with E-state index in [0.29, 0.717) is 17.6 Å². The van der Waals surface area contributed by atoms with Gasteiger partial charge in [-0.15, -0.1) is 0 Å². The van der Waals surface area contributed by atoms with Crippen LogP contribution in [0.1, 0.15) is 51.2 Å². The van der Waals surface area contributed by atoms with Crippen LogP contribution in [0.5, 0.6) is 0 Å². The molecule has 0 amide bonds. The average molecular weight is 358 g/mol. The fraction of sp³-hybridized carbons (Fsp3) is 0.417. The third-order valence-electron chi connectivity index (χ3n) is 7.23. The highest BCUT2D eigenvalue weighted by Gasteiger charge is 2.60. The maximum atomic E-state index is 9.27. The zero-order valence-corrected chi connectivity index (χ0v) is 16.3. The van der Waals surface area contributed by atoms with Crippen molar-refractivity contribution in [1.82, 2.24) is 0 Å². The van der Waals surface area contributed by atoms with Crippen molar-refractivity contribution in [2.75, 3.05) is 0 Å². The molecule has 1 unspecified atom stereocenters. The summed E-state index contributed by atoms with van der Waals surface area (Å²) in [5, 5.41) is 13.8. The van der Waals surface area contributed by atoms with Crippen LogP contribution in [-0.2, 0) is 11.4 Å². The number of nitriles is 1. The van der Waals surface area contributed by atoms with E-state index < -0.39 is 0 Å². The SMILES string of the molecule is CC1(C)C2CC[C@@]1(C)/C(=N/OCc1ccc(-c3ccccc3C#N)cc1)C2. The topological polar surface area (TPSA) is 45.4 Å². The summed E-state index contributed by atoms with van der Waals surface area (Å²) in [5.74, 6) is 0.740. The molecule has 0 heterocycles. The Morgan fingerprint density at radius 2 is 1.85 bits per heavy atom. The number of oxime groups is 1. The van der Waals surface area contributed by atoms with Crippen LogP contribution in [0.4, 0.5) is 0 Å². The van der Waals surface area contributed by atoms with Gasteiger partial charge in [-0.05, 0) is 53.4 Å². The van der Waals surface area contributed by atoms with Gasteiger partial charge in [0.1, 0.15) is 6.61 Å². The largest absolute Gasteiger partial charge is 0.391 e. The molecular formula is C24H26N2O. The monoisotopic (exact) mass is 358 g/mol. The van der Waals surface area contributed by atoms with Crippen molar-refractivity contribution >= 4 is 5.71 Å². The van der Waals surface area contributed by atoms with Gasteiger partial charge in [-0.1, -0.05) is 68.4 Å². The van der Waals surface area contributed by atoms with Crippen LogP contribution < -0.4 is 0 Å². The van der Waals surface area contributed by atoms with Crippen LogP contribution in [0.2, 0.25) is 0 Å². The van der Waals surface area contributed by atoms with E-state index in [4.69, 9.17) is 4.84 Å². The third kappa shape index (κ3) is 2.84. The highest BCUT2D eigenvalue weighted by atomic mass is 16.6. The van der Waals surface area contributed by atoms with E-state index in [1.165, 1.54) is 18.6 Å². The third-order valence-corrected chi connectivity index (χ3v) is 7.23. The maximum Gasteiger partial charge on any atom is 0.142 e. The highest BCUT2D eigenvalue weighted by molar-refractivity contribution is 5.93. The molecule has 2 aromatic carbocycles. The Kier molecular flexibility index (Phi) is 4.30. The van der Waals surface area contributed by atoms with Gasteiger partial charge in [0.2, 0.25) is 0 Å². The van der Waals surface area contributed by atoms with Crippen LogP contribution in [0.25, 0.3) is 11.1 Å². The lowest BCUT2D eigenvalue weighted by Gasteiger charge is -2.34. The molecule has 2 atom stereocenters. The molecule has 138 valence electrons. The van der Waals surface area contributed by atoms with Gasteiger partial charge < -0.3 is 4.84 Å². The van der Waals surface area contributed by atoms with E-state index in [2.05, 4.69) is 44.1 Å². The summed E-state index contributed by atoms with van der Waals surface area (Å²) in [7, 11) is 0. The van der Waals surface area contributed by atoms with Crippen molar-refractivity contribution in [3.05, 3.63) is 59.7 Å². The highest BCUT2D eigenvalue weighted by Crippen LogP contribution is 2.64. The average Bonchev–Trinajstić information content (AvgIpc) is 3.02. The van der Waals surface area contributed by atoms with E-state index in [9.17, 15) is 5.26 Å². The van der Waals surface area contributed by atoms with Crippen molar-refractivity contribution in [3.63, 3.8) is 0 Å². The van der Waals surface area contributed by atoms with Gasteiger partial charge in [-0.3, -0.25) is 0 Å². The van der Waals surface area contributed by atoms with E-state index >= 15 is 0 Å². The minimum Gasteiger partial charge on any atom is -0.391 e. The van der Waals surface area contributed by atoms with Gasteiger partial charge in [0.05, 0.1) is 17.3 Å². The van der Waals surface area contributed by atoms with Gasteiger partial charge >= 0.3 is 0 Å².